The molecule has 6 heteroatoms. The minimum atomic E-state index is -0.452. The van der Waals surface area contributed by atoms with Crippen LogP contribution in [0.4, 0.5) is 10.2 Å². The molecule has 0 bridgehead atoms. The van der Waals surface area contributed by atoms with E-state index in [1.165, 1.54) is 6.07 Å². The molecule has 0 unspecified atom stereocenters. The van der Waals surface area contributed by atoms with Crippen LogP contribution < -0.4 is 10.6 Å². The highest BCUT2D eigenvalue weighted by Gasteiger charge is 2.27. The Bertz CT molecular complexity index is 663. The summed E-state index contributed by atoms with van der Waals surface area (Å²) in [5, 5.41) is 0. The van der Waals surface area contributed by atoms with Crippen LogP contribution in [0.5, 0.6) is 0 Å². The Kier molecular flexibility index (Phi) is 5.11. The quantitative estimate of drug-likeness (QED) is 0.925. The van der Waals surface area contributed by atoms with Gasteiger partial charge in [-0.2, -0.15) is 0 Å². The topological polar surface area (TPSA) is 59.2 Å². The monoisotopic (exact) mass is 321 g/mol. The molecule has 4 nitrogen and oxygen atoms in total. The highest BCUT2D eigenvalue weighted by Crippen LogP contribution is 2.24. The molecule has 2 N–H and O–H groups in total. The van der Waals surface area contributed by atoms with Crippen molar-refractivity contribution in [1.82, 2.24) is 4.98 Å². The van der Waals surface area contributed by atoms with Crippen molar-refractivity contribution in [2.24, 2.45) is 5.73 Å². The number of hydrogen-bond acceptors (Lipinski definition) is 3. The maximum absolute atomic E-state index is 13.7. The molecule has 22 heavy (non-hydrogen) atoms. The lowest BCUT2D eigenvalue weighted by atomic mass is 10.1. The maximum Gasteiger partial charge on any atom is 0.245 e. The fourth-order valence-corrected chi connectivity index (χ4v) is 2.53. The Morgan fingerprint density at radius 3 is 2.68 bits per heavy atom. The lowest BCUT2D eigenvalue weighted by molar-refractivity contribution is -0.120. The molecule has 1 atom stereocenters. The van der Waals surface area contributed by atoms with Gasteiger partial charge in [-0.25, -0.2) is 9.37 Å². The third kappa shape index (κ3) is 3.10. The molecule has 1 saturated heterocycles. The number of nitrogens with two attached hydrogens (primary N) is 1. The number of anilines is 1. The molecular formula is C16H17ClFN3O. The number of benzene rings is 1. The summed E-state index contributed by atoms with van der Waals surface area (Å²) in [6.07, 6.45) is 3.16. The number of rotatable bonds is 2. The summed E-state index contributed by atoms with van der Waals surface area (Å²) in [7, 11) is 0. The molecule has 2 aromatic rings. The molecule has 0 radical (unpaired) electrons. The standard InChI is InChI=1S/C16H16FN3O.ClH/c17-13-5-2-1-4-12(13)11-7-8-15(19-10-11)20-9-3-6-14(18)16(20)21;/h1-2,4-5,7-8,10,14H,3,6,9,18H2;1H/t14-;/m1./s1. The van der Waals surface area contributed by atoms with Gasteiger partial charge in [0.1, 0.15) is 11.6 Å². The SMILES string of the molecule is Cl.N[C@@H]1CCCN(c2ccc(-c3ccccc3F)cn2)C1=O. The Balaban J connectivity index is 0.00000176. The second kappa shape index (κ2) is 6.85. The predicted octanol–water partition coefficient (Wildman–Crippen LogP) is 2.76. The van der Waals surface area contributed by atoms with Gasteiger partial charge in [0.05, 0.1) is 6.04 Å². The minimum Gasteiger partial charge on any atom is -0.320 e. The number of carbonyl (C=O) groups excluding carboxylic acids is 1. The first-order chi connectivity index (χ1) is 10.2. The highest BCUT2D eigenvalue weighted by atomic mass is 35.5. The first kappa shape index (κ1) is 16.4. The zero-order chi connectivity index (χ0) is 14.8. The summed E-state index contributed by atoms with van der Waals surface area (Å²) in [5.74, 6) is 0.172. The van der Waals surface area contributed by atoms with E-state index in [9.17, 15) is 9.18 Å². The van der Waals surface area contributed by atoms with Crippen LogP contribution in [-0.4, -0.2) is 23.5 Å². The number of amides is 1. The molecule has 116 valence electrons. The van der Waals surface area contributed by atoms with Gasteiger partial charge in [0, 0.05) is 23.9 Å². The van der Waals surface area contributed by atoms with E-state index in [1.807, 2.05) is 0 Å². The summed E-state index contributed by atoms with van der Waals surface area (Å²) in [4.78, 5) is 17.9. The normalized spacial score (nSPS) is 18.0. The van der Waals surface area contributed by atoms with E-state index in [0.29, 0.717) is 29.9 Å². The Morgan fingerprint density at radius 2 is 2.00 bits per heavy atom. The molecule has 2 heterocycles. The molecule has 1 amide bonds. The zero-order valence-electron chi connectivity index (χ0n) is 11.9. The van der Waals surface area contributed by atoms with Gasteiger partial charge in [-0.05, 0) is 31.0 Å². The maximum atomic E-state index is 13.7. The third-order valence-corrected chi connectivity index (χ3v) is 3.69. The summed E-state index contributed by atoms with van der Waals surface area (Å²) in [5.41, 5.74) is 6.96. The van der Waals surface area contributed by atoms with Crippen LogP contribution in [0.15, 0.2) is 42.6 Å². The number of aromatic nitrogens is 1. The lowest BCUT2D eigenvalue weighted by Crippen LogP contribution is -2.48. The van der Waals surface area contributed by atoms with E-state index in [1.54, 1.807) is 41.4 Å². The Labute approximate surface area is 134 Å². The van der Waals surface area contributed by atoms with Crippen molar-refractivity contribution in [3.05, 3.63) is 48.4 Å². The molecule has 1 aromatic carbocycles. The molecular weight excluding hydrogens is 305 g/mol. The number of carbonyl (C=O) groups is 1. The van der Waals surface area contributed by atoms with Crippen LogP contribution in [0.3, 0.4) is 0 Å². The fraction of sp³-hybridized carbons (Fsp3) is 0.250. The van der Waals surface area contributed by atoms with E-state index in [4.69, 9.17) is 5.73 Å². The van der Waals surface area contributed by atoms with Crippen LogP contribution in [0, 0.1) is 5.82 Å². The average molecular weight is 322 g/mol. The van der Waals surface area contributed by atoms with Crippen molar-refractivity contribution in [3.63, 3.8) is 0 Å². The second-order valence-corrected chi connectivity index (χ2v) is 5.12. The van der Waals surface area contributed by atoms with Crippen LogP contribution in [-0.2, 0) is 4.79 Å². The Hall–Kier alpha value is -1.98. The average Bonchev–Trinajstić information content (AvgIpc) is 2.51. The molecule has 0 spiro atoms. The van der Waals surface area contributed by atoms with Gasteiger partial charge >= 0.3 is 0 Å². The number of piperidine rings is 1. The van der Waals surface area contributed by atoms with Crippen LogP contribution >= 0.6 is 12.4 Å². The third-order valence-electron chi connectivity index (χ3n) is 3.69. The first-order valence-corrected chi connectivity index (χ1v) is 6.95. The van der Waals surface area contributed by atoms with Gasteiger partial charge in [-0.1, -0.05) is 18.2 Å². The number of pyridine rings is 1. The molecule has 0 aliphatic carbocycles. The fourth-order valence-electron chi connectivity index (χ4n) is 2.53. The van der Waals surface area contributed by atoms with Gasteiger partial charge < -0.3 is 5.73 Å². The smallest absolute Gasteiger partial charge is 0.245 e. The van der Waals surface area contributed by atoms with Gasteiger partial charge in [0.2, 0.25) is 5.91 Å². The number of nitrogens with zero attached hydrogens (tertiary/aromatic N) is 2. The van der Waals surface area contributed by atoms with E-state index >= 15 is 0 Å². The molecule has 1 aliphatic heterocycles. The van der Waals surface area contributed by atoms with Crippen molar-refractivity contribution < 1.29 is 9.18 Å². The van der Waals surface area contributed by atoms with Crippen LogP contribution in [0.2, 0.25) is 0 Å². The van der Waals surface area contributed by atoms with Gasteiger partial charge in [-0.3, -0.25) is 9.69 Å². The van der Waals surface area contributed by atoms with E-state index in [2.05, 4.69) is 4.98 Å². The van der Waals surface area contributed by atoms with Crippen molar-refractivity contribution in [3.8, 4) is 11.1 Å². The van der Waals surface area contributed by atoms with Gasteiger partial charge in [0.15, 0.2) is 0 Å². The van der Waals surface area contributed by atoms with E-state index < -0.39 is 6.04 Å². The van der Waals surface area contributed by atoms with Gasteiger partial charge in [-0.15, -0.1) is 12.4 Å². The molecule has 3 rings (SSSR count). The summed E-state index contributed by atoms with van der Waals surface area (Å²) < 4.78 is 13.7. The van der Waals surface area contributed by atoms with E-state index in [0.717, 1.165) is 6.42 Å². The molecule has 1 aliphatic rings. The zero-order valence-corrected chi connectivity index (χ0v) is 12.7. The lowest BCUT2D eigenvalue weighted by Gasteiger charge is -2.29. The Morgan fingerprint density at radius 1 is 1.23 bits per heavy atom. The molecule has 0 saturated carbocycles. The van der Waals surface area contributed by atoms with Crippen LogP contribution in [0.1, 0.15) is 12.8 Å². The predicted molar refractivity (Wildman–Crippen MR) is 86.4 cm³/mol. The van der Waals surface area contributed by atoms with Crippen molar-refractivity contribution in [2.75, 3.05) is 11.4 Å². The summed E-state index contributed by atoms with van der Waals surface area (Å²) in [6, 6.07) is 9.59. The second-order valence-electron chi connectivity index (χ2n) is 5.12. The highest BCUT2D eigenvalue weighted by molar-refractivity contribution is 5.97. The number of halogens is 2. The van der Waals surface area contributed by atoms with E-state index in [-0.39, 0.29) is 24.1 Å². The summed E-state index contributed by atoms with van der Waals surface area (Å²) in [6.45, 7) is 0.624. The molecule has 1 aromatic heterocycles. The number of hydrogen-bond donors (Lipinski definition) is 1. The minimum absolute atomic E-state index is 0. The molecule has 1 fully saturated rings. The largest absolute Gasteiger partial charge is 0.320 e. The van der Waals surface area contributed by atoms with Gasteiger partial charge in [0.25, 0.3) is 0 Å². The van der Waals surface area contributed by atoms with Crippen molar-refractivity contribution in [2.45, 2.75) is 18.9 Å². The van der Waals surface area contributed by atoms with Crippen LogP contribution in [0.25, 0.3) is 11.1 Å². The summed E-state index contributed by atoms with van der Waals surface area (Å²) >= 11 is 0. The first-order valence-electron chi connectivity index (χ1n) is 6.95. The van der Waals surface area contributed by atoms with Crippen molar-refractivity contribution in [1.29, 1.82) is 0 Å². The van der Waals surface area contributed by atoms with Crippen molar-refractivity contribution >= 4 is 24.1 Å².